The Labute approximate surface area is 116 Å². The zero-order valence-electron chi connectivity index (χ0n) is 12.1. The van der Waals surface area contributed by atoms with Crippen molar-refractivity contribution in [1.29, 1.82) is 0 Å². The Morgan fingerprint density at radius 1 is 1.16 bits per heavy atom. The molecule has 3 aliphatic rings. The lowest BCUT2D eigenvalue weighted by molar-refractivity contribution is -0.149. The number of rotatable bonds is 4. The van der Waals surface area contributed by atoms with Gasteiger partial charge < -0.3 is 10.1 Å². The number of carbonyl (C=O) groups is 1. The number of fused-ring (bicyclic) bond motifs is 2. The molecule has 0 spiro atoms. The van der Waals surface area contributed by atoms with E-state index in [0.29, 0.717) is 12.6 Å². The summed E-state index contributed by atoms with van der Waals surface area (Å²) < 4.78 is 5.18. The van der Waals surface area contributed by atoms with Crippen LogP contribution in [-0.4, -0.2) is 24.7 Å². The standard InChI is InChI=1S/C16H27NO2/c1-2-19-16(18)13-4-3-5-14(10-13)17-15-9-11-6-7-12(15)8-11/h11-15,17H,2-10H2,1H3. The minimum Gasteiger partial charge on any atom is -0.466 e. The van der Waals surface area contributed by atoms with Gasteiger partial charge in [0.05, 0.1) is 12.5 Å². The maximum atomic E-state index is 11.9. The van der Waals surface area contributed by atoms with E-state index in [1.165, 1.54) is 38.5 Å². The van der Waals surface area contributed by atoms with E-state index in [-0.39, 0.29) is 11.9 Å². The summed E-state index contributed by atoms with van der Waals surface area (Å²) in [5, 5.41) is 3.87. The van der Waals surface area contributed by atoms with Gasteiger partial charge in [0.1, 0.15) is 0 Å². The van der Waals surface area contributed by atoms with E-state index < -0.39 is 0 Å². The van der Waals surface area contributed by atoms with Gasteiger partial charge >= 0.3 is 5.97 Å². The molecule has 2 bridgehead atoms. The predicted octanol–water partition coefficient (Wildman–Crippen LogP) is 2.89. The monoisotopic (exact) mass is 265 g/mol. The van der Waals surface area contributed by atoms with Crippen LogP contribution in [0.25, 0.3) is 0 Å². The largest absolute Gasteiger partial charge is 0.466 e. The fourth-order valence-electron chi connectivity index (χ4n) is 4.57. The first-order valence-corrected chi connectivity index (χ1v) is 8.19. The lowest BCUT2D eigenvalue weighted by Crippen LogP contribution is -2.44. The summed E-state index contributed by atoms with van der Waals surface area (Å²) in [6.07, 6.45) is 10.1. The molecule has 0 aromatic rings. The van der Waals surface area contributed by atoms with Crippen molar-refractivity contribution in [3.8, 4) is 0 Å². The molecule has 3 aliphatic carbocycles. The molecule has 0 aliphatic heterocycles. The van der Waals surface area contributed by atoms with Crippen molar-refractivity contribution in [3.05, 3.63) is 0 Å². The van der Waals surface area contributed by atoms with Gasteiger partial charge in [0.15, 0.2) is 0 Å². The second kappa shape index (κ2) is 5.82. The van der Waals surface area contributed by atoms with Crippen LogP contribution in [0.4, 0.5) is 0 Å². The van der Waals surface area contributed by atoms with Gasteiger partial charge in [-0.3, -0.25) is 4.79 Å². The van der Waals surface area contributed by atoms with Gasteiger partial charge in [-0.05, 0) is 57.3 Å². The van der Waals surface area contributed by atoms with Crippen LogP contribution in [0.15, 0.2) is 0 Å². The summed E-state index contributed by atoms with van der Waals surface area (Å²) in [5.74, 6) is 2.09. The first kappa shape index (κ1) is 13.4. The molecular weight excluding hydrogens is 238 g/mol. The molecule has 3 nitrogen and oxygen atoms in total. The number of hydrogen-bond acceptors (Lipinski definition) is 3. The average molecular weight is 265 g/mol. The zero-order chi connectivity index (χ0) is 13.2. The highest BCUT2D eigenvalue weighted by molar-refractivity contribution is 5.72. The molecule has 3 saturated carbocycles. The highest BCUT2D eigenvalue weighted by Gasteiger charge is 2.40. The van der Waals surface area contributed by atoms with Crippen LogP contribution >= 0.6 is 0 Å². The summed E-state index contributed by atoms with van der Waals surface area (Å²) in [6.45, 7) is 2.41. The number of esters is 1. The second-order valence-electron chi connectivity index (χ2n) is 6.76. The molecule has 0 saturated heterocycles. The molecule has 1 N–H and O–H groups in total. The van der Waals surface area contributed by atoms with Gasteiger partial charge in [-0.1, -0.05) is 12.8 Å². The normalized spacial score (nSPS) is 41.4. The number of ether oxygens (including phenoxy) is 1. The lowest BCUT2D eigenvalue weighted by Gasteiger charge is -2.33. The smallest absolute Gasteiger partial charge is 0.308 e. The molecule has 0 aromatic carbocycles. The Bertz CT molecular complexity index is 331. The van der Waals surface area contributed by atoms with Crippen molar-refractivity contribution in [3.63, 3.8) is 0 Å². The van der Waals surface area contributed by atoms with Crippen molar-refractivity contribution in [2.45, 2.75) is 70.4 Å². The highest BCUT2D eigenvalue weighted by Crippen LogP contribution is 2.45. The van der Waals surface area contributed by atoms with Crippen molar-refractivity contribution in [2.24, 2.45) is 17.8 Å². The number of carbonyl (C=O) groups excluding carboxylic acids is 1. The van der Waals surface area contributed by atoms with Gasteiger partial charge in [0.25, 0.3) is 0 Å². The van der Waals surface area contributed by atoms with E-state index in [1.807, 2.05) is 6.92 Å². The zero-order valence-corrected chi connectivity index (χ0v) is 12.1. The third-order valence-electron chi connectivity index (χ3n) is 5.48. The summed E-state index contributed by atoms with van der Waals surface area (Å²) in [4.78, 5) is 11.9. The molecule has 3 heteroatoms. The van der Waals surface area contributed by atoms with E-state index in [1.54, 1.807) is 0 Å². The summed E-state index contributed by atoms with van der Waals surface area (Å²) in [6, 6.07) is 1.29. The molecule has 0 radical (unpaired) electrons. The first-order chi connectivity index (χ1) is 9.26. The Hall–Kier alpha value is -0.570. The summed E-state index contributed by atoms with van der Waals surface area (Å²) in [5.41, 5.74) is 0. The average Bonchev–Trinajstić information content (AvgIpc) is 3.02. The molecule has 5 atom stereocenters. The molecule has 3 rings (SSSR count). The van der Waals surface area contributed by atoms with Crippen molar-refractivity contribution < 1.29 is 9.53 Å². The first-order valence-electron chi connectivity index (χ1n) is 8.19. The maximum absolute atomic E-state index is 11.9. The number of nitrogens with one attached hydrogen (secondary N) is 1. The van der Waals surface area contributed by atoms with E-state index >= 15 is 0 Å². The molecule has 3 fully saturated rings. The quantitative estimate of drug-likeness (QED) is 0.794. The fraction of sp³-hybridized carbons (Fsp3) is 0.938. The molecule has 108 valence electrons. The minimum absolute atomic E-state index is 0.0296. The van der Waals surface area contributed by atoms with E-state index in [9.17, 15) is 4.79 Å². The van der Waals surface area contributed by atoms with Gasteiger partial charge in [-0.2, -0.15) is 0 Å². The Kier molecular flexibility index (Phi) is 4.11. The van der Waals surface area contributed by atoms with Crippen molar-refractivity contribution in [1.82, 2.24) is 5.32 Å². The highest BCUT2D eigenvalue weighted by atomic mass is 16.5. The van der Waals surface area contributed by atoms with Gasteiger partial charge in [-0.15, -0.1) is 0 Å². The van der Waals surface area contributed by atoms with Crippen LogP contribution in [0.3, 0.4) is 0 Å². The Morgan fingerprint density at radius 3 is 2.74 bits per heavy atom. The van der Waals surface area contributed by atoms with Gasteiger partial charge in [0, 0.05) is 12.1 Å². The third kappa shape index (κ3) is 2.96. The Morgan fingerprint density at radius 2 is 2.05 bits per heavy atom. The van der Waals surface area contributed by atoms with Crippen LogP contribution < -0.4 is 5.32 Å². The van der Waals surface area contributed by atoms with Crippen LogP contribution in [-0.2, 0) is 9.53 Å². The van der Waals surface area contributed by atoms with Crippen LogP contribution in [0, 0.1) is 17.8 Å². The van der Waals surface area contributed by atoms with Gasteiger partial charge in [-0.25, -0.2) is 0 Å². The third-order valence-corrected chi connectivity index (χ3v) is 5.48. The molecule has 0 heterocycles. The SMILES string of the molecule is CCOC(=O)C1CCCC(NC2CC3CCC2C3)C1. The second-order valence-corrected chi connectivity index (χ2v) is 6.76. The number of hydrogen-bond donors (Lipinski definition) is 1. The predicted molar refractivity (Wildman–Crippen MR) is 74.8 cm³/mol. The van der Waals surface area contributed by atoms with Crippen molar-refractivity contribution >= 4 is 5.97 Å². The molecule has 0 aromatic heterocycles. The van der Waals surface area contributed by atoms with E-state index in [0.717, 1.165) is 30.7 Å². The van der Waals surface area contributed by atoms with E-state index in [4.69, 9.17) is 4.74 Å². The van der Waals surface area contributed by atoms with E-state index in [2.05, 4.69) is 5.32 Å². The van der Waals surface area contributed by atoms with Crippen LogP contribution in [0.5, 0.6) is 0 Å². The maximum Gasteiger partial charge on any atom is 0.308 e. The molecular formula is C16H27NO2. The van der Waals surface area contributed by atoms with Crippen LogP contribution in [0.2, 0.25) is 0 Å². The minimum atomic E-state index is 0.0296. The summed E-state index contributed by atoms with van der Waals surface area (Å²) >= 11 is 0. The Balaban J connectivity index is 1.50. The fourth-order valence-corrected chi connectivity index (χ4v) is 4.57. The molecule has 5 unspecified atom stereocenters. The van der Waals surface area contributed by atoms with Gasteiger partial charge in [0.2, 0.25) is 0 Å². The molecule has 0 amide bonds. The topological polar surface area (TPSA) is 38.3 Å². The lowest BCUT2D eigenvalue weighted by atomic mass is 9.84. The van der Waals surface area contributed by atoms with Crippen molar-refractivity contribution in [2.75, 3.05) is 6.61 Å². The molecule has 19 heavy (non-hydrogen) atoms. The van der Waals surface area contributed by atoms with Crippen LogP contribution in [0.1, 0.15) is 58.3 Å². The summed E-state index contributed by atoms with van der Waals surface area (Å²) in [7, 11) is 0.